The van der Waals surface area contributed by atoms with E-state index in [1.54, 1.807) is 9.47 Å². The molecule has 4 rings (SSSR count). The minimum Gasteiger partial charge on any atom is -0.444 e. The lowest BCUT2D eigenvalue weighted by atomic mass is 9.95. The third-order valence-corrected chi connectivity index (χ3v) is 6.75. The lowest BCUT2D eigenvalue weighted by molar-refractivity contribution is -0.136. The van der Waals surface area contributed by atoms with Crippen LogP contribution in [0.25, 0.3) is 11.0 Å². The Bertz CT molecular complexity index is 1040. The molecule has 2 atom stereocenters. The van der Waals surface area contributed by atoms with Crippen LogP contribution < -0.4 is 4.90 Å². The van der Waals surface area contributed by atoms with Crippen LogP contribution in [0.3, 0.4) is 0 Å². The molecule has 1 aliphatic heterocycles. The molecule has 1 unspecified atom stereocenters. The zero-order valence-corrected chi connectivity index (χ0v) is 20.5. The van der Waals surface area contributed by atoms with Gasteiger partial charge in [0.15, 0.2) is 0 Å². The van der Waals surface area contributed by atoms with Gasteiger partial charge in [-0.2, -0.15) is 13.2 Å². The van der Waals surface area contributed by atoms with Gasteiger partial charge in [-0.05, 0) is 47.5 Å². The van der Waals surface area contributed by atoms with Crippen LogP contribution in [-0.4, -0.2) is 56.3 Å². The van der Waals surface area contributed by atoms with Crippen LogP contribution in [0.1, 0.15) is 78.3 Å². The first-order valence-electron chi connectivity index (χ1n) is 12.1. The van der Waals surface area contributed by atoms with Gasteiger partial charge < -0.3 is 19.1 Å². The van der Waals surface area contributed by atoms with Gasteiger partial charge in [0.1, 0.15) is 23.4 Å². The second kappa shape index (κ2) is 8.92. The molecule has 2 aliphatic rings. The zero-order chi connectivity index (χ0) is 24.8. The van der Waals surface area contributed by atoms with Crippen molar-refractivity contribution in [3.8, 4) is 0 Å². The van der Waals surface area contributed by atoms with Crippen molar-refractivity contribution in [2.75, 3.05) is 18.0 Å². The number of hydrogen-bond donors (Lipinski definition) is 0. The molecule has 2 aromatic rings. The lowest BCUT2D eigenvalue weighted by Crippen LogP contribution is -2.59. The summed E-state index contributed by atoms with van der Waals surface area (Å²) in [7, 11) is 0. The Morgan fingerprint density at radius 3 is 2.32 bits per heavy atom. The number of ether oxygens (including phenoxy) is 1. The van der Waals surface area contributed by atoms with Gasteiger partial charge in [0, 0.05) is 37.4 Å². The largest absolute Gasteiger partial charge is 0.444 e. The maximum absolute atomic E-state index is 14.2. The molecule has 188 valence electrons. The SMILES string of the molecule is CC1CN(C(=O)OC(C)(C)C)[C@@H](C)CN1c1ncnc2c1c(C(F)(F)F)cn2C1CCCCC1. The first-order chi connectivity index (χ1) is 15.9. The van der Waals surface area contributed by atoms with Crippen molar-refractivity contribution in [2.45, 2.75) is 96.6 Å². The van der Waals surface area contributed by atoms with Gasteiger partial charge in [0.25, 0.3) is 0 Å². The van der Waals surface area contributed by atoms with E-state index < -0.39 is 23.4 Å². The van der Waals surface area contributed by atoms with Crippen LogP contribution in [0, 0.1) is 0 Å². The van der Waals surface area contributed by atoms with Crippen LogP contribution in [0.4, 0.5) is 23.8 Å². The van der Waals surface area contributed by atoms with E-state index in [0.29, 0.717) is 18.7 Å². The van der Waals surface area contributed by atoms with Gasteiger partial charge >= 0.3 is 12.3 Å². The molecule has 1 amide bonds. The quantitative estimate of drug-likeness (QED) is 0.543. The van der Waals surface area contributed by atoms with E-state index in [-0.39, 0.29) is 29.3 Å². The van der Waals surface area contributed by atoms with Crippen LogP contribution in [0.5, 0.6) is 0 Å². The Balaban J connectivity index is 1.72. The van der Waals surface area contributed by atoms with Crippen molar-refractivity contribution in [1.29, 1.82) is 0 Å². The lowest BCUT2D eigenvalue weighted by Gasteiger charge is -2.44. The molecular weight excluding hydrogens is 447 g/mol. The Hall–Kier alpha value is -2.52. The minimum atomic E-state index is -4.52. The number of alkyl halides is 3. The van der Waals surface area contributed by atoms with Crippen molar-refractivity contribution < 1.29 is 22.7 Å². The normalized spacial score (nSPS) is 22.9. The average Bonchev–Trinajstić information content (AvgIpc) is 3.15. The molecule has 2 aromatic heterocycles. The molecule has 0 radical (unpaired) electrons. The molecule has 34 heavy (non-hydrogen) atoms. The Kier molecular flexibility index (Phi) is 6.46. The summed E-state index contributed by atoms with van der Waals surface area (Å²) in [6.45, 7) is 9.86. The number of rotatable bonds is 2. The van der Waals surface area contributed by atoms with Crippen molar-refractivity contribution in [2.24, 2.45) is 0 Å². The van der Waals surface area contributed by atoms with Gasteiger partial charge in [-0.25, -0.2) is 14.8 Å². The maximum Gasteiger partial charge on any atom is 0.418 e. The highest BCUT2D eigenvalue weighted by Gasteiger charge is 2.41. The van der Waals surface area contributed by atoms with Crippen molar-refractivity contribution in [1.82, 2.24) is 19.4 Å². The fraction of sp³-hybridized carbons (Fsp3) is 0.708. The monoisotopic (exact) mass is 481 g/mol. The average molecular weight is 482 g/mol. The highest BCUT2D eigenvalue weighted by molar-refractivity contribution is 5.92. The highest BCUT2D eigenvalue weighted by atomic mass is 19.4. The molecule has 0 spiro atoms. The van der Waals surface area contributed by atoms with E-state index in [1.807, 2.05) is 39.5 Å². The predicted octanol–water partition coefficient (Wildman–Crippen LogP) is 5.79. The molecular formula is C24H34F3N5O2. The number of amides is 1. The van der Waals surface area contributed by atoms with Crippen molar-refractivity contribution >= 4 is 22.9 Å². The standard InChI is InChI=1S/C24H34F3N5O2/c1-15-12-31(22(33)34-23(3,4)5)16(2)11-30(15)20-19-18(24(25,26)27)13-32(21(19)29-14-28-20)17-9-7-6-8-10-17/h13-17H,6-12H2,1-5H3/t15?,16-/m0/s1. The Morgan fingerprint density at radius 2 is 1.71 bits per heavy atom. The molecule has 1 saturated heterocycles. The van der Waals surface area contributed by atoms with E-state index in [2.05, 4.69) is 9.97 Å². The van der Waals surface area contributed by atoms with Crippen molar-refractivity contribution in [3.63, 3.8) is 0 Å². The summed E-state index contributed by atoms with van der Waals surface area (Å²) in [4.78, 5) is 24.9. The molecule has 7 nitrogen and oxygen atoms in total. The molecule has 2 fully saturated rings. The summed E-state index contributed by atoms with van der Waals surface area (Å²) in [5.74, 6) is 0.273. The van der Waals surface area contributed by atoms with E-state index >= 15 is 0 Å². The summed E-state index contributed by atoms with van der Waals surface area (Å²) in [6, 6.07) is -0.498. The smallest absolute Gasteiger partial charge is 0.418 e. The predicted molar refractivity (Wildman–Crippen MR) is 124 cm³/mol. The summed E-state index contributed by atoms with van der Waals surface area (Å²) in [5.41, 5.74) is -0.989. The summed E-state index contributed by atoms with van der Waals surface area (Å²) in [6.07, 6.45) is 2.46. The van der Waals surface area contributed by atoms with E-state index in [9.17, 15) is 18.0 Å². The maximum atomic E-state index is 14.2. The Labute approximate surface area is 198 Å². The van der Waals surface area contributed by atoms with E-state index in [0.717, 1.165) is 32.1 Å². The van der Waals surface area contributed by atoms with Crippen molar-refractivity contribution in [3.05, 3.63) is 18.1 Å². The number of aromatic nitrogens is 3. The highest BCUT2D eigenvalue weighted by Crippen LogP contribution is 2.42. The van der Waals surface area contributed by atoms with Gasteiger partial charge in [0.2, 0.25) is 0 Å². The molecule has 0 aromatic carbocycles. The minimum absolute atomic E-state index is 0.00969. The second-order valence-electron chi connectivity index (χ2n) is 10.6. The number of carbonyl (C=O) groups is 1. The first kappa shape index (κ1) is 24.6. The van der Waals surface area contributed by atoms with Crippen LogP contribution >= 0.6 is 0 Å². The third-order valence-electron chi connectivity index (χ3n) is 6.75. The van der Waals surface area contributed by atoms with Crippen LogP contribution in [-0.2, 0) is 10.9 Å². The number of halogens is 3. The van der Waals surface area contributed by atoms with E-state index in [4.69, 9.17) is 4.74 Å². The van der Waals surface area contributed by atoms with Crippen LogP contribution in [0.2, 0.25) is 0 Å². The summed E-state index contributed by atoms with van der Waals surface area (Å²) < 4.78 is 49.8. The number of carbonyl (C=O) groups excluding carboxylic acids is 1. The van der Waals surface area contributed by atoms with Gasteiger partial charge in [-0.3, -0.25) is 0 Å². The topological polar surface area (TPSA) is 63.5 Å². The summed E-state index contributed by atoms with van der Waals surface area (Å²) >= 11 is 0. The molecule has 1 saturated carbocycles. The number of anilines is 1. The van der Waals surface area contributed by atoms with Gasteiger partial charge in [-0.1, -0.05) is 19.3 Å². The molecule has 0 bridgehead atoms. The number of hydrogen-bond acceptors (Lipinski definition) is 5. The molecule has 0 N–H and O–H groups in total. The third kappa shape index (κ3) is 4.81. The fourth-order valence-electron chi connectivity index (χ4n) is 5.14. The first-order valence-corrected chi connectivity index (χ1v) is 12.1. The number of piperazine rings is 1. The van der Waals surface area contributed by atoms with E-state index in [1.165, 1.54) is 12.5 Å². The number of nitrogens with zero attached hydrogens (tertiary/aromatic N) is 5. The Morgan fingerprint density at radius 1 is 1.03 bits per heavy atom. The van der Waals surface area contributed by atoms with Gasteiger partial charge in [0.05, 0.1) is 10.9 Å². The zero-order valence-electron chi connectivity index (χ0n) is 20.5. The fourth-order valence-corrected chi connectivity index (χ4v) is 5.14. The summed E-state index contributed by atoms with van der Waals surface area (Å²) in [5, 5.41) is 0.0466. The molecule has 1 aliphatic carbocycles. The number of fused-ring (bicyclic) bond motifs is 1. The van der Waals surface area contributed by atoms with Crippen LogP contribution in [0.15, 0.2) is 12.5 Å². The molecule has 3 heterocycles. The second-order valence-corrected chi connectivity index (χ2v) is 10.6. The van der Waals surface area contributed by atoms with Gasteiger partial charge in [-0.15, -0.1) is 0 Å². The molecule has 10 heteroatoms.